The van der Waals surface area contributed by atoms with Crippen molar-refractivity contribution < 1.29 is 4.74 Å². The van der Waals surface area contributed by atoms with Crippen LogP contribution in [0.1, 0.15) is 36.6 Å². The zero-order valence-electron chi connectivity index (χ0n) is 10.1. The summed E-state index contributed by atoms with van der Waals surface area (Å²) in [7, 11) is 1.99. The fourth-order valence-electron chi connectivity index (χ4n) is 2.37. The molecule has 0 fully saturated rings. The van der Waals surface area contributed by atoms with Crippen molar-refractivity contribution in [1.29, 1.82) is 0 Å². The van der Waals surface area contributed by atoms with E-state index < -0.39 is 0 Å². The van der Waals surface area contributed by atoms with Gasteiger partial charge in [-0.3, -0.25) is 0 Å². The van der Waals surface area contributed by atoms with Gasteiger partial charge in [-0.05, 0) is 45.9 Å². The Morgan fingerprint density at radius 3 is 2.53 bits per heavy atom. The molecule has 0 saturated carbocycles. The highest BCUT2D eigenvalue weighted by atomic mass is 16.5. The summed E-state index contributed by atoms with van der Waals surface area (Å²) >= 11 is 0. The molecule has 0 aliphatic carbocycles. The predicted octanol–water partition coefficient (Wildman–Crippen LogP) is 2.73. The monoisotopic (exact) mass is 205 g/mol. The molecule has 1 heterocycles. The van der Waals surface area contributed by atoms with Crippen molar-refractivity contribution >= 4 is 0 Å². The molecule has 1 aliphatic heterocycles. The van der Waals surface area contributed by atoms with Gasteiger partial charge >= 0.3 is 0 Å². The van der Waals surface area contributed by atoms with Gasteiger partial charge in [-0.1, -0.05) is 12.1 Å². The first-order chi connectivity index (χ1) is 6.97. The summed E-state index contributed by atoms with van der Waals surface area (Å²) in [4.78, 5) is 0. The number of rotatable bonds is 1. The number of ether oxygens (including phenoxy) is 1. The molecule has 1 aromatic carbocycles. The molecule has 1 atom stereocenters. The lowest BCUT2D eigenvalue weighted by Gasteiger charge is -2.25. The summed E-state index contributed by atoms with van der Waals surface area (Å²) in [6, 6.07) is 4.63. The van der Waals surface area contributed by atoms with E-state index in [9.17, 15) is 0 Å². The van der Waals surface area contributed by atoms with Gasteiger partial charge < -0.3 is 10.1 Å². The van der Waals surface area contributed by atoms with Crippen LogP contribution in [-0.4, -0.2) is 12.6 Å². The van der Waals surface area contributed by atoms with Gasteiger partial charge in [-0.2, -0.15) is 0 Å². The molecule has 1 N–H and O–H groups in total. The van der Waals surface area contributed by atoms with Gasteiger partial charge in [-0.15, -0.1) is 0 Å². The number of fused-ring (bicyclic) bond motifs is 1. The third-order valence-corrected chi connectivity index (χ3v) is 3.37. The van der Waals surface area contributed by atoms with E-state index in [4.69, 9.17) is 4.74 Å². The molecule has 2 heteroatoms. The molecule has 1 aliphatic rings. The molecule has 82 valence electrons. The Labute approximate surface area is 91.6 Å². The average Bonchev–Trinajstić information content (AvgIpc) is 2.43. The van der Waals surface area contributed by atoms with Crippen LogP contribution >= 0.6 is 0 Å². The number of hydrogen-bond acceptors (Lipinski definition) is 2. The van der Waals surface area contributed by atoms with E-state index in [1.54, 1.807) is 0 Å². The maximum Gasteiger partial charge on any atom is 0.128 e. The minimum Gasteiger partial charge on any atom is -0.485 e. The summed E-state index contributed by atoms with van der Waals surface area (Å²) in [5.74, 6) is 1.07. The Hall–Kier alpha value is -1.02. The van der Waals surface area contributed by atoms with Crippen molar-refractivity contribution in [2.75, 3.05) is 7.05 Å². The molecule has 0 spiro atoms. The van der Waals surface area contributed by atoms with E-state index in [0.29, 0.717) is 0 Å². The van der Waals surface area contributed by atoms with Crippen LogP contribution in [0.25, 0.3) is 0 Å². The summed E-state index contributed by atoms with van der Waals surface area (Å²) in [5.41, 5.74) is 3.68. The number of likely N-dealkylation sites (N-methyl/N-ethyl adjacent to an activating group) is 1. The predicted molar refractivity (Wildman–Crippen MR) is 62.4 cm³/mol. The number of hydrogen-bond donors (Lipinski definition) is 1. The molecular formula is C13H19NO. The molecule has 1 aromatic rings. The van der Waals surface area contributed by atoms with E-state index in [-0.39, 0.29) is 11.6 Å². The van der Waals surface area contributed by atoms with Gasteiger partial charge in [0.2, 0.25) is 0 Å². The van der Waals surface area contributed by atoms with Gasteiger partial charge in [0, 0.05) is 5.56 Å². The lowest BCUT2D eigenvalue weighted by atomic mass is 9.93. The van der Waals surface area contributed by atoms with Crippen molar-refractivity contribution in [3.8, 4) is 5.75 Å². The van der Waals surface area contributed by atoms with Gasteiger partial charge in [0.25, 0.3) is 0 Å². The number of nitrogens with one attached hydrogen (secondary N) is 1. The van der Waals surface area contributed by atoms with Crippen LogP contribution in [0.3, 0.4) is 0 Å². The SMILES string of the molecule is CNC1c2ccc(C)c(C)c2OC1(C)C. The van der Waals surface area contributed by atoms with Gasteiger partial charge in [0.15, 0.2) is 0 Å². The number of benzene rings is 1. The standard InChI is InChI=1S/C13H19NO/c1-8-6-7-10-11(9(8)2)15-13(3,4)12(10)14-5/h6-7,12,14H,1-5H3. The van der Waals surface area contributed by atoms with E-state index in [2.05, 4.69) is 45.1 Å². The first-order valence-electron chi connectivity index (χ1n) is 5.43. The second-order valence-electron chi connectivity index (χ2n) is 4.85. The topological polar surface area (TPSA) is 21.3 Å². The van der Waals surface area contributed by atoms with Crippen molar-refractivity contribution in [2.45, 2.75) is 39.3 Å². The molecule has 0 saturated heterocycles. The third kappa shape index (κ3) is 1.44. The fourth-order valence-corrected chi connectivity index (χ4v) is 2.37. The summed E-state index contributed by atoms with van der Waals surface area (Å²) in [6.07, 6.45) is 0. The molecule has 0 aromatic heterocycles. The van der Waals surface area contributed by atoms with Crippen LogP contribution < -0.4 is 10.1 Å². The Morgan fingerprint density at radius 1 is 1.27 bits per heavy atom. The largest absolute Gasteiger partial charge is 0.485 e. The average molecular weight is 205 g/mol. The highest BCUT2D eigenvalue weighted by Gasteiger charge is 2.40. The van der Waals surface area contributed by atoms with Crippen LogP contribution in [0.15, 0.2) is 12.1 Å². The van der Waals surface area contributed by atoms with Crippen LogP contribution in [0.5, 0.6) is 5.75 Å². The van der Waals surface area contributed by atoms with Crippen LogP contribution in [-0.2, 0) is 0 Å². The Kier molecular flexibility index (Phi) is 2.27. The quantitative estimate of drug-likeness (QED) is 0.761. The molecular weight excluding hydrogens is 186 g/mol. The second kappa shape index (κ2) is 3.24. The summed E-state index contributed by atoms with van der Waals surface area (Å²) in [6.45, 7) is 8.51. The van der Waals surface area contributed by atoms with E-state index in [1.807, 2.05) is 7.05 Å². The Morgan fingerprint density at radius 2 is 1.93 bits per heavy atom. The van der Waals surface area contributed by atoms with Gasteiger partial charge in [-0.25, -0.2) is 0 Å². The van der Waals surface area contributed by atoms with E-state index >= 15 is 0 Å². The molecule has 2 nitrogen and oxygen atoms in total. The van der Waals surface area contributed by atoms with Gasteiger partial charge in [0.05, 0.1) is 6.04 Å². The molecule has 1 unspecified atom stereocenters. The zero-order chi connectivity index (χ0) is 11.2. The van der Waals surface area contributed by atoms with Crippen molar-refractivity contribution in [2.24, 2.45) is 0 Å². The molecule has 0 bridgehead atoms. The first-order valence-corrected chi connectivity index (χ1v) is 5.43. The van der Waals surface area contributed by atoms with Crippen LogP contribution in [0, 0.1) is 13.8 Å². The van der Waals surface area contributed by atoms with Crippen LogP contribution in [0.2, 0.25) is 0 Å². The summed E-state index contributed by atoms with van der Waals surface area (Å²) in [5, 5.41) is 3.33. The second-order valence-corrected chi connectivity index (χ2v) is 4.85. The van der Waals surface area contributed by atoms with Crippen molar-refractivity contribution in [3.63, 3.8) is 0 Å². The third-order valence-electron chi connectivity index (χ3n) is 3.37. The summed E-state index contributed by atoms with van der Waals surface area (Å²) < 4.78 is 6.05. The highest BCUT2D eigenvalue weighted by Crippen LogP contribution is 2.45. The Bertz CT molecular complexity index is 396. The zero-order valence-corrected chi connectivity index (χ0v) is 10.1. The molecule has 0 amide bonds. The van der Waals surface area contributed by atoms with Crippen molar-refractivity contribution in [3.05, 3.63) is 28.8 Å². The Balaban J connectivity index is 2.57. The van der Waals surface area contributed by atoms with Crippen LogP contribution in [0.4, 0.5) is 0 Å². The van der Waals surface area contributed by atoms with E-state index in [0.717, 1.165) is 5.75 Å². The minimum atomic E-state index is -0.157. The minimum absolute atomic E-state index is 0.157. The fraction of sp³-hybridized carbons (Fsp3) is 0.538. The first kappa shape index (κ1) is 10.5. The molecule has 2 rings (SSSR count). The lowest BCUT2D eigenvalue weighted by molar-refractivity contribution is 0.0992. The highest BCUT2D eigenvalue weighted by molar-refractivity contribution is 5.50. The van der Waals surface area contributed by atoms with Gasteiger partial charge in [0.1, 0.15) is 11.4 Å². The van der Waals surface area contributed by atoms with Crippen molar-refractivity contribution in [1.82, 2.24) is 5.32 Å². The lowest BCUT2D eigenvalue weighted by Crippen LogP contribution is -2.37. The molecule has 0 radical (unpaired) electrons. The normalized spacial score (nSPS) is 22.3. The maximum absolute atomic E-state index is 6.05. The number of aryl methyl sites for hydroxylation is 1. The van der Waals surface area contributed by atoms with E-state index in [1.165, 1.54) is 16.7 Å². The smallest absolute Gasteiger partial charge is 0.128 e. The maximum atomic E-state index is 6.05. The molecule has 15 heavy (non-hydrogen) atoms.